The Bertz CT molecular complexity index is 1030. The summed E-state index contributed by atoms with van der Waals surface area (Å²) in [6.45, 7) is 3.33. The maximum Gasteiger partial charge on any atom is 0.334 e. The Morgan fingerprint density at radius 2 is 1.55 bits per heavy atom. The number of hydrogen-bond donors (Lipinski definition) is 0. The number of urea groups is 1. The largest absolute Gasteiger partial charge is 0.497 e. The zero-order valence-corrected chi connectivity index (χ0v) is 18.8. The Morgan fingerprint density at radius 1 is 0.968 bits per heavy atom. The van der Waals surface area contributed by atoms with E-state index < -0.39 is 28.4 Å². The van der Waals surface area contributed by atoms with Crippen LogP contribution >= 0.6 is 0 Å². The molecule has 31 heavy (non-hydrogen) atoms. The van der Waals surface area contributed by atoms with E-state index in [2.05, 4.69) is 4.90 Å². The van der Waals surface area contributed by atoms with Gasteiger partial charge in [0.05, 0.1) is 12.0 Å². The lowest BCUT2D eigenvalue weighted by Gasteiger charge is -2.35. The molecular weight excluding hydrogens is 418 g/mol. The van der Waals surface area contributed by atoms with Gasteiger partial charge in [-0.25, -0.2) is 17.5 Å². The van der Waals surface area contributed by atoms with Gasteiger partial charge >= 0.3 is 6.03 Å². The highest BCUT2D eigenvalue weighted by atomic mass is 32.2. The monoisotopic (exact) mass is 445 g/mol. The zero-order valence-electron chi connectivity index (χ0n) is 17.9. The maximum absolute atomic E-state index is 13.4. The Balaban J connectivity index is 1.92. The minimum atomic E-state index is -4.21. The van der Waals surface area contributed by atoms with Crippen molar-refractivity contribution in [2.45, 2.75) is 11.8 Å². The second-order valence-corrected chi connectivity index (χ2v) is 9.41. The van der Waals surface area contributed by atoms with Crippen LogP contribution in [0, 0.1) is 6.92 Å². The highest BCUT2D eigenvalue weighted by molar-refractivity contribution is 7.89. The van der Waals surface area contributed by atoms with Gasteiger partial charge in [0.1, 0.15) is 12.3 Å². The molecule has 0 N–H and O–H groups in total. The summed E-state index contributed by atoms with van der Waals surface area (Å²) in [5.41, 5.74) is 1.20. The fourth-order valence-corrected chi connectivity index (χ4v) is 4.59. The van der Waals surface area contributed by atoms with Gasteiger partial charge in [-0.1, -0.05) is 17.7 Å². The normalized spacial score (nSPS) is 14.9. The fraction of sp³-hybridized carbons (Fsp3) is 0.364. The number of methoxy groups -OCH3 is 1. The Morgan fingerprint density at radius 3 is 2.10 bits per heavy atom. The molecule has 0 unspecified atom stereocenters. The molecule has 0 aliphatic carbocycles. The SMILES string of the molecule is COc1ccc(C(=O)CN(C(=O)N2CCN(C)CC2)S(=O)(=O)c2ccc(C)cc2)cc1. The fourth-order valence-electron chi connectivity index (χ4n) is 3.25. The number of ketones is 1. The van der Waals surface area contributed by atoms with Crippen LogP contribution in [0.25, 0.3) is 0 Å². The second-order valence-electron chi connectivity index (χ2n) is 7.55. The van der Waals surface area contributed by atoms with Gasteiger partial charge in [0.2, 0.25) is 0 Å². The molecule has 9 heteroatoms. The van der Waals surface area contributed by atoms with Gasteiger partial charge < -0.3 is 14.5 Å². The number of amides is 2. The van der Waals surface area contributed by atoms with Crippen molar-refractivity contribution in [3.8, 4) is 5.75 Å². The van der Waals surface area contributed by atoms with Crippen LogP contribution in [-0.2, 0) is 10.0 Å². The highest BCUT2D eigenvalue weighted by Gasteiger charge is 2.35. The van der Waals surface area contributed by atoms with Crippen LogP contribution in [0.15, 0.2) is 53.4 Å². The average Bonchev–Trinajstić information content (AvgIpc) is 2.77. The van der Waals surface area contributed by atoms with Gasteiger partial charge in [0.15, 0.2) is 5.78 Å². The Labute approximate surface area is 183 Å². The Hall–Kier alpha value is -2.91. The van der Waals surface area contributed by atoms with Crippen molar-refractivity contribution < 1.29 is 22.7 Å². The first kappa shape index (κ1) is 22.8. The minimum absolute atomic E-state index is 0.0249. The molecule has 2 aromatic carbocycles. The van der Waals surface area contributed by atoms with E-state index in [1.165, 1.54) is 24.1 Å². The number of piperazine rings is 1. The molecule has 166 valence electrons. The molecule has 8 nitrogen and oxygen atoms in total. The van der Waals surface area contributed by atoms with E-state index in [-0.39, 0.29) is 4.90 Å². The predicted molar refractivity (Wildman–Crippen MR) is 117 cm³/mol. The van der Waals surface area contributed by atoms with E-state index >= 15 is 0 Å². The van der Waals surface area contributed by atoms with Crippen molar-refractivity contribution >= 4 is 21.8 Å². The molecule has 0 radical (unpaired) electrons. The number of likely N-dealkylation sites (N-methyl/N-ethyl adjacent to an activating group) is 1. The van der Waals surface area contributed by atoms with Gasteiger partial charge in [0.25, 0.3) is 10.0 Å². The molecular formula is C22H27N3O5S. The number of aryl methyl sites for hydroxylation is 1. The summed E-state index contributed by atoms with van der Waals surface area (Å²) in [7, 11) is -0.757. The number of carbonyl (C=O) groups excluding carboxylic acids is 2. The Kier molecular flexibility index (Phi) is 6.97. The first-order valence-corrected chi connectivity index (χ1v) is 11.4. The van der Waals surface area contributed by atoms with Crippen LogP contribution in [0.5, 0.6) is 5.75 Å². The van der Waals surface area contributed by atoms with Crippen molar-refractivity contribution in [2.24, 2.45) is 0 Å². The van der Waals surface area contributed by atoms with Crippen LogP contribution in [0.4, 0.5) is 4.79 Å². The molecule has 1 fully saturated rings. The van der Waals surface area contributed by atoms with Gasteiger partial charge in [0, 0.05) is 31.7 Å². The molecule has 0 spiro atoms. The van der Waals surface area contributed by atoms with Crippen molar-refractivity contribution in [1.82, 2.24) is 14.1 Å². The van der Waals surface area contributed by atoms with Crippen molar-refractivity contribution in [3.05, 3.63) is 59.7 Å². The number of nitrogens with zero attached hydrogens (tertiary/aromatic N) is 3. The number of rotatable bonds is 6. The summed E-state index contributed by atoms with van der Waals surface area (Å²) >= 11 is 0. The summed E-state index contributed by atoms with van der Waals surface area (Å²) in [5, 5.41) is 0. The third-order valence-electron chi connectivity index (χ3n) is 5.30. The van der Waals surface area contributed by atoms with Crippen LogP contribution < -0.4 is 4.74 Å². The standard InChI is InChI=1S/C22H27N3O5S/c1-17-4-10-20(11-5-17)31(28,29)25(22(27)24-14-12-23(2)13-15-24)16-21(26)18-6-8-19(30-3)9-7-18/h4-11H,12-16H2,1-3H3. The number of sulfonamides is 1. The lowest BCUT2D eigenvalue weighted by Crippen LogP contribution is -2.54. The molecule has 0 atom stereocenters. The summed E-state index contributed by atoms with van der Waals surface area (Å²) < 4.78 is 32.5. The molecule has 2 amide bonds. The number of hydrogen-bond acceptors (Lipinski definition) is 6. The molecule has 2 aromatic rings. The number of Topliss-reactive ketones (excluding diaryl/α,β-unsaturated/α-hetero) is 1. The molecule has 1 saturated heterocycles. The summed E-state index contributed by atoms with van der Waals surface area (Å²) in [6, 6.07) is 11.9. The molecule has 1 aliphatic rings. The minimum Gasteiger partial charge on any atom is -0.497 e. The van der Waals surface area contributed by atoms with Gasteiger partial charge in [-0.05, 0) is 50.4 Å². The van der Waals surface area contributed by atoms with Crippen molar-refractivity contribution in [1.29, 1.82) is 0 Å². The van der Waals surface area contributed by atoms with E-state index in [9.17, 15) is 18.0 Å². The molecule has 1 heterocycles. The van der Waals surface area contributed by atoms with Crippen molar-refractivity contribution in [2.75, 3.05) is 46.9 Å². The number of carbonyl (C=O) groups is 2. The smallest absolute Gasteiger partial charge is 0.334 e. The predicted octanol–water partition coefficient (Wildman–Crippen LogP) is 2.24. The van der Waals surface area contributed by atoms with Crippen LogP contribution in [0.1, 0.15) is 15.9 Å². The number of ether oxygens (including phenoxy) is 1. The van der Waals surface area contributed by atoms with Gasteiger partial charge in [-0.15, -0.1) is 0 Å². The van der Waals surface area contributed by atoms with E-state index in [0.717, 1.165) is 5.56 Å². The second kappa shape index (κ2) is 9.49. The summed E-state index contributed by atoms with van der Waals surface area (Å²) in [5.74, 6) is 0.106. The van der Waals surface area contributed by atoms with E-state index in [0.29, 0.717) is 41.8 Å². The summed E-state index contributed by atoms with van der Waals surface area (Å²) in [6.07, 6.45) is 0. The number of benzene rings is 2. The van der Waals surface area contributed by atoms with Gasteiger partial charge in [-0.2, -0.15) is 0 Å². The average molecular weight is 446 g/mol. The quantitative estimate of drug-likeness (QED) is 0.634. The summed E-state index contributed by atoms with van der Waals surface area (Å²) in [4.78, 5) is 29.7. The molecule has 0 bridgehead atoms. The highest BCUT2D eigenvalue weighted by Crippen LogP contribution is 2.20. The molecule has 3 rings (SSSR count). The third kappa shape index (κ3) is 5.23. The molecule has 0 saturated carbocycles. The van der Waals surface area contributed by atoms with E-state index in [4.69, 9.17) is 4.74 Å². The maximum atomic E-state index is 13.4. The van der Waals surface area contributed by atoms with Crippen LogP contribution in [-0.4, -0.2) is 81.2 Å². The molecule has 1 aliphatic heterocycles. The van der Waals surface area contributed by atoms with Crippen LogP contribution in [0.2, 0.25) is 0 Å². The zero-order chi connectivity index (χ0) is 22.6. The van der Waals surface area contributed by atoms with E-state index in [1.54, 1.807) is 36.4 Å². The lowest BCUT2D eigenvalue weighted by atomic mass is 10.1. The third-order valence-corrected chi connectivity index (χ3v) is 7.03. The first-order chi connectivity index (χ1) is 14.7. The first-order valence-electron chi connectivity index (χ1n) is 9.96. The van der Waals surface area contributed by atoms with Crippen molar-refractivity contribution in [3.63, 3.8) is 0 Å². The molecule has 0 aromatic heterocycles. The van der Waals surface area contributed by atoms with E-state index in [1.807, 2.05) is 14.0 Å². The topological polar surface area (TPSA) is 87.2 Å². The van der Waals surface area contributed by atoms with Gasteiger partial charge in [-0.3, -0.25) is 4.79 Å². The lowest BCUT2D eigenvalue weighted by molar-refractivity contribution is 0.0950. The van der Waals surface area contributed by atoms with Crippen LogP contribution in [0.3, 0.4) is 0 Å².